The standard InChI is InChI=1S/C10H18N4O2/c1-14(2)10-12-9(16-13-10)7-15-8-3-5-11-6-4-8/h8,11H,3-7H2,1-2H3. The van der Waals surface area contributed by atoms with Crippen molar-refractivity contribution < 1.29 is 9.26 Å². The van der Waals surface area contributed by atoms with Crippen LogP contribution in [0.1, 0.15) is 18.7 Å². The van der Waals surface area contributed by atoms with Gasteiger partial charge in [-0.05, 0) is 31.1 Å². The highest BCUT2D eigenvalue weighted by Gasteiger charge is 2.15. The minimum atomic E-state index is 0.316. The molecule has 2 rings (SSSR count). The van der Waals surface area contributed by atoms with Crippen LogP contribution in [-0.4, -0.2) is 43.4 Å². The molecule has 0 bridgehead atoms. The van der Waals surface area contributed by atoms with Crippen molar-refractivity contribution in [3.8, 4) is 0 Å². The fourth-order valence-electron chi connectivity index (χ4n) is 1.64. The molecule has 0 unspecified atom stereocenters. The maximum Gasteiger partial charge on any atom is 0.265 e. The van der Waals surface area contributed by atoms with Gasteiger partial charge >= 0.3 is 0 Å². The van der Waals surface area contributed by atoms with Gasteiger partial charge in [-0.1, -0.05) is 0 Å². The molecule has 6 nitrogen and oxygen atoms in total. The predicted octanol–water partition coefficient (Wildman–Crippen LogP) is 0.404. The van der Waals surface area contributed by atoms with Gasteiger partial charge in [-0.2, -0.15) is 4.98 Å². The summed E-state index contributed by atoms with van der Waals surface area (Å²) in [6.45, 7) is 2.46. The summed E-state index contributed by atoms with van der Waals surface area (Å²) in [5.41, 5.74) is 0. The van der Waals surface area contributed by atoms with Crippen LogP contribution >= 0.6 is 0 Å². The summed E-state index contributed by atoms with van der Waals surface area (Å²) in [6, 6.07) is 0. The average molecular weight is 226 g/mol. The number of anilines is 1. The summed E-state index contributed by atoms with van der Waals surface area (Å²) in [5.74, 6) is 1.13. The zero-order valence-corrected chi connectivity index (χ0v) is 9.77. The van der Waals surface area contributed by atoms with Crippen LogP contribution in [0.4, 0.5) is 5.95 Å². The smallest absolute Gasteiger partial charge is 0.265 e. The van der Waals surface area contributed by atoms with Crippen LogP contribution in [0.15, 0.2) is 4.52 Å². The second-order valence-electron chi connectivity index (χ2n) is 4.14. The second kappa shape index (κ2) is 5.27. The van der Waals surface area contributed by atoms with Crippen molar-refractivity contribution in [1.82, 2.24) is 15.5 Å². The molecule has 2 heterocycles. The predicted molar refractivity (Wildman–Crippen MR) is 59.3 cm³/mol. The van der Waals surface area contributed by atoms with Gasteiger partial charge in [-0.25, -0.2) is 0 Å². The van der Waals surface area contributed by atoms with Crippen molar-refractivity contribution in [1.29, 1.82) is 0 Å². The molecule has 1 aliphatic rings. The number of piperidine rings is 1. The molecule has 0 spiro atoms. The van der Waals surface area contributed by atoms with Crippen LogP contribution in [-0.2, 0) is 11.3 Å². The van der Waals surface area contributed by atoms with E-state index in [0.29, 0.717) is 24.5 Å². The molecular formula is C10H18N4O2. The summed E-state index contributed by atoms with van der Waals surface area (Å²) in [6.07, 6.45) is 2.42. The molecule has 1 saturated heterocycles. The van der Waals surface area contributed by atoms with E-state index in [1.165, 1.54) is 0 Å². The van der Waals surface area contributed by atoms with Gasteiger partial charge in [-0.15, -0.1) is 0 Å². The number of nitrogens with one attached hydrogen (secondary N) is 1. The average Bonchev–Trinajstić information content (AvgIpc) is 2.76. The Hall–Kier alpha value is -1.14. The summed E-state index contributed by atoms with van der Waals surface area (Å²) < 4.78 is 10.8. The lowest BCUT2D eigenvalue weighted by atomic mass is 10.1. The van der Waals surface area contributed by atoms with Crippen molar-refractivity contribution in [2.45, 2.75) is 25.6 Å². The molecule has 16 heavy (non-hydrogen) atoms. The Bertz CT molecular complexity index is 320. The normalized spacial score (nSPS) is 17.6. The molecule has 0 amide bonds. The summed E-state index contributed by atoms with van der Waals surface area (Å²) in [7, 11) is 3.75. The van der Waals surface area contributed by atoms with Gasteiger partial charge in [0.1, 0.15) is 6.61 Å². The Morgan fingerprint density at radius 2 is 2.19 bits per heavy atom. The zero-order chi connectivity index (χ0) is 11.4. The first-order valence-corrected chi connectivity index (χ1v) is 5.58. The molecule has 6 heteroatoms. The van der Waals surface area contributed by atoms with Crippen molar-refractivity contribution in [3.63, 3.8) is 0 Å². The number of hydrogen-bond acceptors (Lipinski definition) is 6. The highest BCUT2D eigenvalue weighted by molar-refractivity contribution is 5.23. The van der Waals surface area contributed by atoms with Crippen LogP contribution in [0.2, 0.25) is 0 Å². The van der Waals surface area contributed by atoms with E-state index in [1.807, 2.05) is 14.1 Å². The van der Waals surface area contributed by atoms with E-state index < -0.39 is 0 Å². The third-order valence-corrected chi connectivity index (χ3v) is 2.59. The van der Waals surface area contributed by atoms with E-state index in [0.717, 1.165) is 25.9 Å². The van der Waals surface area contributed by atoms with Crippen molar-refractivity contribution in [2.75, 3.05) is 32.1 Å². The quantitative estimate of drug-likeness (QED) is 0.802. The third kappa shape index (κ3) is 2.93. The topological polar surface area (TPSA) is 63.4 Å². The lowest BCUT2D eigenvalue weighted by Crippen LogP contribution is -2.32. The maximum atomic E-state index is 5.71. The second-order valence-corrected chi connectivity index (χ2v) is 4.14. The summed E-state index contributed by atoms with van der Waals surface area (Å²) in [4.78, 5) is 6.00. The Kier molecular flexibility index (Phi) is 3.74. The van der Waals surface area contributed by atoms with Gasteiger partial charge in [0, 0.05) is 14.1 Å². The molecule has 1 aromatic rings. The first kappa shape index (κ1) is 11.3. The first-order valence-electron chi connectivity index (χ1n) is 5.58. The Morgan fingerprint density at radius 3 is 2.81 bits per heavy atom. The van der Waals surface area contributed by atoms with E-state index in [-0.39, 0.29) is 0 Å². The van der Waals surface area contributed by atoms with Gasteiger partial charge < -0.3 is 19.5 Å². The number of aromatic nitrogens is 2. The zero-order valence-electron chi connectivity index (χ0n) is 9.77. The largest absolute Gasteiger partial charge is 0.368 e. The first-order chi connectivity index (χ1) is 7.75. The molecule has 0 aromatic carbocycles. The molecule has 1 aromatic heterocycles. The minimum Gasteiger partial charge on any atom is -0.368 e. The monoisotopic (exact) mass is 226 g/mol. The van der Waals surface area contributed by atoms with Crippen LogP contribution in [0.3, 0.4) is 0 Å². The Labute approximate surface area is 95.0 Å². The van der Waals surface area contributed by atoms with Crippen molar-refractivity contribution in [3.05, 3.63) is 5.89 Å². The van der Waals surface area contributed by atoms with E-state index in [2.05, 4.69) is 15.5 Å². The maximum absolute atomic E-state index is 5.71. The molecule has 0 atom stereocenters. The molecule has 0 saturated carbocycles. The van der Waals surface area contributed by atoms with E-state index in [9.17, 15) is 0 Å². The molecule has 90 valence electrons. The number of nitrogens with zero attached hydrogens (tertiary/aromatic N) is 3. The molecule has 0 aliphatic carbocycles. The van der Waals surface area contributed by atoms with Gasteiger partial charge in [0.2, 0.25) is 0 Å². The number of ether oxygens (including phenoxy) is 1. The third-order valence-electron chi connectivity index (χ3n) is 2.59. The Morgan fingerprint density at radius 1 is 1.44 bits per heavy atom. The van der Waals surface area contributed by atoms with Crippen LogP contribution in [0.5, 0.6) is 0 Å². The minimum absolute atomic E-state index is 0.316. The van der Waals surface area contributed by atoms with E-state index in [1.54, 1.807) is 4.90 Å². The molecule has 1 fully saturated rings. The Balaban J connectivity index is 1.79. The molecule has 1 aliphatic heterocycles. The summed E-state index contributed by atoms with van der Waals surface area (Å²) in [5, 5.41) is 7.12. The molecular weight excluding hydrogens is 208 g/mol. The lowest BCUT2D eigenvalue weighted by molar-refractivity contribution is 0.00859. The van der Waals surface area contributed by atoms with E-state index in [4.69, 9.17) is 9.26 Å². The van der Waals surface area contributed by atoms with Crippen molar-refractivity contribution >= 4 is 5.95 Å². The van der Waals surface area contributed by atoms with Crippen molar-refractivity contribution in [2.24, 2.45) is 0 Å². The summed E-state index contributed by atoms with van der Waals surface area (Å²) >= 11 is 0. The fraction of sp³-hybridized carbons (Fsp3) is 0.800. The number of hydrogen-bond donors (Lipinski definition) is 1. The van der Waals surface area contributed by atoms with Gasteiger partial charge in [-0.3, -0.25) is 0 Å². The van der Waals surface area contributed by atoms with Gasteiger partial charge in [0.05, 0.1) is 6.10 Å². The van der Waals surface area contributed by atoms with Crippen LogP contribution in [0.25, 0.3) is 0 Å². The SMILES string of the molecule is CN(C)c1noc(COC2CCNCC2)n1. The molecule has 0 radical (unpaired) electrons. The van der Waals surface area contributed by atoms with E-state index >= 15 is 0 Å². The molecule has 1 N–H and O–H groups in total. The lowest BCUT2D eigenvalue weighted by Gasteiger charge is -2.21. The van der Waals surface area contributed by atoms with Gasteiger partial charge in [0.15, 0.2) is 0 Å². The highest BCUT2D eigenvalue weighted by atomic mass is 16.5. The van der Waals surface area contributed by atoms with Crippen LogP contribution in [0, 0.1) is 0 Å². The highest BCUT2D eigenvalue weighted by Crippen LogP contribution is 2.11. The fourth-order valence-corrected chi connectivity index (χ4v) is 1.64. The number of rotatable bonds is 4. The van der Waals surface area contributed by atoms with Crippen LogP contribution < -0.4 is 10.2 Å². The van der Waals surface area contributed by atoms with Gasteiger partial charge in [0.25, 0.3) is 11.8 Å².